The largest absolute Gasteiger partial charge is 0.496 e. The van der Waals surface area contributed by atoms with Gasteiger partial charge in [-0.2, -0.15) is 0 Å². The van der Waals surface area contributed by atoms with Crippen LogP contribution in [0.25, 0.3) is 16.5 Å². The van der Waals surface area contributed by atoms with Crippen LogP contribution < -0.4 is 4.74 Å². The third kappa shape index (κ3) is 3.83. The van der Waals surface area contributed by atoms with Gasteiger partial charge in [0.1, 0.15) is 5.75 Å². The molecule has 0 unspecified atom stereocenters. The number of hydrogen-bond acceptors (Lipinski definition) is 3. The van der Waals surface area contributed by atoms with E-state index >= 15 is 0 Å². The van der Waals surface area contributed by atoms with Gasteiger partial charge >= 0.3 is 0 Å². The number of allylic oxidation sites excluding steroid dienone is 1. The maximum absolute atomic E-state index is 13.2. The van der Waals surface area contributed by atoms with E-state index in [1.165, 1.54) is 25.3 Å². The number of halogens is 2. The molecule has 3 aromatic rings. The lowest BCUT2D eigenvalue weighted by molar-refractivity contribution is 0.104. The number of benzene rings is 2. The standard InChI is InChI=1S/C20H14F2O2S/c1-24-19-12-14(20-3-2-10-25-20)6-7-15(19)18(23)9-5-13-4-8-16(21)17(22)11-13/h2-12H,1H3. The zero-order valence-electron chi connectivity index (χ0n) is 13.3. The average molecular weight is 356 g/mol. The third-order valence-electron chi connectivity index (χ3n) is 3.64. The normalized spacial score (nSPS) is 11.0. The van der Waals surface area contributed by atoms with Crippen molar-refractivity contribution in [3.63, 3.8) is 0 Å². The molecule has 2 nitrogen and oxygen atoms in total. The lowest BCUT2D eigenvalue weighted by atomic mass is 10.0. The van der Waals surface area contributed by atoms with Gasteiger partial charge in [-0.1, -0.05) is 24.3 Å². The molecule has 0 radical (unpaired) electrons. The molecule has 1 aromatic heterocycles. The molecule has 0 saturated carbocycles. The highest BCUT2D eigenvalue weighted by Gasteiger charge is 2.12. The Balaban J connectivity index is 1.86. The number of ketones is 1. The zero-order chi connectivity index (χ0) is 17.8. The molecule has 1 heterocycles. The Kier molecular flexibility index (Phi) is 5.05. The molecule has 0 amide bonds. The maximum Gasteiger partial charge on any atom is 0.189 e. The van der Waals surface area contributed by atoms with Crippen LogP contribution in [0.3, 0.4) is 0 Å². The number of ether oxygens (including phenoxy) is 1. The summed E-state index contributed by atoms with van der Waals surface area (Å²) in [6, 6.07) is 12.8. The summed E-state index contributed by atoms with van der Waals surface area (Å²) in [6.45, 7) is 0. The average Bonchev–Trinajstić information content (AvgIpc) is 3.16. The molecule has 0 spiro atoms. The molecule has 0 aliphatic heterocycles. The van der Waals surface area contributed by atoms with Gasteiger partial charge in [0.2, 0.25) is 0 Å². The second-order valence-corrected chi connectivity index (χ2v) is 6.21. The number of carbonyl (C=O) groups is 1. The lowest BCUT2D eigenvalue weighted by Crippen LogP contribution is -1.99. The summed E-state index contributed by atoms with van der Waals surface area (Å²) in [5.74, 6) is -1.69. The van der Waals surface area contributed by atoms with Gasteiger partial charge in [-0.3, -0.25) is 4.79 Å². The highest BCUT2D eigenvalue weighted by atomic mass is 32.1. The van der Waals surface area contributed by atoms with E-state index in [2.05, 4.69) is 0 Å². The minimum Gasteiger partial charge on any atom is -0.496 e. The zero-order valence-corrected chi connectivity index (χ0v) is 14.1. The van der Waals surface area contributed by atoms with Crippen LogP contribution in [0.1, 0.15) is 15.9 Å². The first-order valence-corrected chi connectivity index (χ1v) is 8.36. The molecule has 0 N–H and O–H groups in total. The van der Waals surface area contributed by atoms with Crippen LogP contribution in [0.2, 0.25) is 0 Å². The number of hydrogen-bond donors (Lipinski definition) is 0. The second kappa shape index (κ2) is 7.40. The van der Waals surface area contributed by atoms with Crippen molar-refractivity contribution in [3.05, 3.63) is 82.7 Å². The monoisotopic (exact) mass is 356 g/mol. The molecule has 126 valence electrons. The molecule has 0 saturated heterocycles. The Morgan fingerprint density at radius 3 is 2.60 bits per heavy atom. The van der Waals surface area contributed by atoms with Crippen LogP contribution >= 0.6 is 11.3 Å². The Morgan fingerprint density at radius 1 is 1.08 bits per heavy atom. The second-order valence-electron chi connectivity index (χ2n) is 5.26. The Hall–Kier alpha value is -2.79. The quantitative estimate of drug-likeness (QED) is 0.439. The van der Waals surface area contributed by atoms with Crippen molar-refractivity contribution in [3.8, 4) is 16.2 Å². The molecule has 0 aliphatic carbocycles. The molecule has 0 fully saturated rings. The van der Waals surface area contributed by atoms with Crippen LogP contribution in [-0.2, 0) is 0 Å². The molecular weight excluding hydrogens is 342 g/mol. The molecule has 3 rings (SSSR count). The minimum absolute atomic E-state index is 0.278. The summed E-state index contributed by atoms with van der Waals surface area (Å²) in [5, 5.41) is 1.98. The van der Waals surface area contributed by atoms with Crippen LogP contribution in [0.5, 0.6) is 5.75 Å². The van der Waals surface area contributed by atoms with E-state index in [0.29, 0.717) is 16.9 Å². The summed E-state index contributed by atoms with van der Waals surface area (Å²) in [7, 11) is 1.50. The van der Waals surface area contributed by atoms with Gasteiger partial charge in [0.05, 0.1) is 12.7 Å². The van der Waals surface area contributed by atoms with E-state index in [-0.39, 0.29) is 5.78 Å². The predicted octanol–water partition coefficient (Wildman–Crippen LogP) is 5.60. The lowest BCUT2D eigenvalue weighted by Gasteiger charge is -2.08. The van der Waals surface area contributed by atoms with Crippen molar-refractivity contribution in [1.82, 2.24) is 0 Å². The summed E-state index contributed by atoms with van der Waals surface area (Å²) in [5.41, 5.74) is 1.77. The molecular formula is C20H14F2O2S. The van der Waals surface area contributed by atoms with Crippen molar-refractivity contribution in [2.45, 2.75) is 0 Å². The fourth-order valence-corrected chi connectivity index (χ4v) is 3.09. The van der Waals surface area contributed by atoms with Gasteiger partial charge < -0.3 is 4.74 Å². The molecule has 0 bridgehead atoms. The van der Waals surface area contributed by atoms with Crippen molar-refractivity contribution in [2.24, 2.45) is 0 Å². The first kappa shape index (κ1) is 17.0. The highest BCUT2D eigenvalue weighted by molar-refractivity contribution is 7.13. The van der Waals surface area contributed by atoms with Gasteiger partial charge in [0.15, 0.2) is 17.4 Å². The molecule has 0 atom stereocenters. The Morgan fingerprint density at radius 2 is 1.92 bits per heavy atom. The number of thiophene rings is 1. The van der Waals surface area contributed by atoms with E-state index in [1.54, 1.807) is 17.4 Å². The van der Waals surface area contributed by atoms with E-state index in [4.69, 9.17) is 4.74 Å². The molecule has 2 aromatic carbocycles. The van der Waals surface area contributed by atoms with Crippen LogP contribution in [0, 0.1) is 11.6 Å². The topological polar surface area (TPSA) is 26.3 Å². The molecule has 25 heavy (non-hydrogen) atoms. The highest BCUT2D eigenvalue weighted by Crippen LogP contribution is 2.30. The van der Waals surface area contributed by atoms with Crippen molar-refractivity contribution in [2.75, 3.05) is 7.11 Å². The first-order chi connectivity index (χ1) is 12.1. The SMILES string of the molecule is COc1cc(-c2cccs2)ccc1C(=O)C=Cc1ccc(F)c(F)c1. The van der Waals surface area contributed by atoms with E-state index in [0.717, 1.165) is 22.6 Å². The Bertz CT molecular complexity index is 931. The predicted molar refractivity (Wildman–Crippen MR) is 96.0 cm³/mol. The minimum atomic E-state index is -0.951. The van der Waals surface area contributed by atoms with E-state index in [1.807, 2.05) is 29.6 Å². The van der Waals surface area contributed by atoms with Crippen molar-refractivity contribution in [1.29, 1.82) is 0 Å². The Labute approximate surface area is 148 Å². The fraction of sp³-hybridized carbons (Fsp3) is 0.0500. The third-order valence-corrected chi connectivity index (χ3v) is 4.56. The van der Waals surface area contributed by atoms with Crippen molar-refractivity contribution < 1.29 is 18.3 Å². The number of rotatable bonds is 5. The van der Waals surface area contributed by atoms with Gasteiger partial charge in [-0.15, -0.1) is 11.3 Å². The first-order valence-electron chi connectivity index (χ1n) is 7.48. The van der Waals surface area contributed by atoms with Gasteiger partial charge in [0, 0.05) is 4.88 Å². The van der Waals surface area contributed by atoms with Crippen LogP contribution in [0.4, 0.5) is 8.78 Å². The van der Waals surface area contributed by atoms with Crippen LogP contribution in [-0.4, -0.2) is 12.9 Å². The van der Waals surface area contributed by atoms with Gasteiger partial charge in [-0.25, -0.2) is 8.78 Å². The number of methoxy groups -OCH3 is 1. The van der Waals surface area contributed by atoms with E-state index < -0.39 is 11.6 Å². The summed E-state index contributed by atoms with van der Waals surface area (Å²) < 4.78 is 31.5. The molecule has 0 aliphatic rings. The summed E-state index contributed by atoms with van der Waals surface area (Å²) in [6.07, 6.45) is 2.76. The number of carbonyl (C=O) groups excluding carboxylic acids is 1. The van der Waals surface area contributed by atoms with Crippen molar-refractivity contribution >= 4 is 23.2 Å². The smallest absolute Gasteiger partial charge is 0.189 e. The van der Waals surface area contributed by atoms with Crippen LogP contribution in [0.15, 0.2) is 60.0 Å². The van der Waals surface area contributed by atoms with Gasteiger partial charge in [-0.05, 0) is 52.9 Å². The molecule has 5 heteroatoms. The van der Waals surface area contributed by atoms with Gasteiger partial charge in [0.25, 0.3) is 0 Å². The summed E-state index contributed by atoms with van der Waals surface area (Å²) in [4.78, 5) is 13.5. The summed E-state index contributed by atoms with van der Waals surface area (Å²) >= 11 is 1.60. The fourth-order valence-electron chi connectivity index (χ4n) is 2.37. The maximum atomic E-state index is 13.2. The van der Waals surface area contributed by atoms with E-state index in [9.17, 15) is 13.6 Å².